The molecule has 1 amide bonds. The molecule has 0 fully saturated rings. The average molecular weight is 1050 g/mol. The molecule has 0 bridgehead atoms. The van der Waals surface area contributed by atoms with Crippen molar-refractivity contribution in [2.75, 3.05) is 40.9 Å². The lowest BCUT2D eigenvalue weighted by Crippen LogP contribution is -2.47. The lowest BCUT2D eigenvalue weighted by Gasteiger charge is -2.27. The summed E-state index contributed by atoms with van der Waals surface area (Å²) >= 11 is 0. The van der Waals surface area contributed by atoms with Gasteiger partial charge in [-0.3, -0.25) is 18.6 Å². The van der Waals surface area contributed by atoms with Crippen LogP contribution in [0.1, 0.15) is 290 Å². The fraction of sp³-hybridized carbons (Fsp3) is 0.841. The summed E-state index contributed by atoms with van der Waals surface area (Å²) in [5, 5.41) is 3.05. The normalized spacial score (nSPS) is 14.0. The van der Waals surface area contributed by atoms with Crippen molar-refractivity contribution in [1.82, 2.24) is 5.32 Å². The van der Waals surface area contributed by atoms with E-state index in [1.54, 1.807) is 0 Å². The quantitative estimate of drug-likeness (QED) is 0.0205. The largest absolute Gasteiger partial charge is 0.472 e. The third kappa shape index (κ3) is 54.6. The first-order valence-electron chi connectivity index (χ1n) is 31.0. The maximum atomic E-state index is 13.5. The maximum Gasteiger partial charge on any atom is 0.472 e. The number of hydrogen-bond donors (Lipinski definition) is 2. The molecule has 0 aliphatic carbocycles. The van der Waals surface area contributed by atoms with Crippen molar-refractivity contribution in [3.63, 3.8) is 0 Å². The number of nitrogens with one attached hydrogen (secondary N) is 1. The monoisotopic (exact) mass is 1050 g/mol. The third-order valence-electron chi connectivity index (χ3n) is 13.8. The Morgan fingerprint density at radius 3 is 1.27 bits per heavy atom. The van der Waals surface area contributed by atoms with Crippen LogP contribution < -0.4 is 5.32 Å². The van der Waals surface area contributed by atoms with Crippen LogP contribution in [-0.4, -0.2) is 74.3 Å². The summed E-state index contributed by atoms with van der Waals surface area (Å²) in [7, 11) is 1.50. The number of phosphoric acid groups is 1. The summed E-state index contributed by atoms with van der Waals surface area (Å²) in [6.07, 6.45) is 65.3. The molecule has 0 radical (unpaired) electrons. The lowest BCUT2D eigenvalue weighted by atomic mass is 10.0. The smallest absolute Gasteiger partial charge is 0.456 e. The lowest BCUT2D eigenvalue weighted by molar-refractivity contribution is -0.870. The Bertz CT molecular complexity index is 1390. The van der Waals surface area contributed by atoms with Crippen molar-refractivity contribution in [3.8, 4) is 0 Å². The van der Waals surface area contributed by atoms with E-state index < -0.39 is 20.0 Å². The average Bonchev–Trinajstić information content (AvgIpc) is 3.35. The van der Waals surface area contributed by atoms with Gasteiger partial charge < -0.3 is 19.4 Å². The van der Waals surface area contributed by atoms with Crippen molar-refractivity contribution in [1.29, 1.82) is 0 Å². The van der Waals surface area contributed by atoms with E-state index in [9.17, 15) is 19.0 Å². The zero-order valence-electron chi connectivity index (χ0n) is 48.9. The van der Waals surface area contributed by atoms with Crippen LogP contribution in [0.25, 0.3) is 0 Å². The standard InChI is InChI=1S/C63H119N2O7P/c1-7-10-13-16-19-22-25-27-29-30-31-32-33-34-36-37-40-43-46-49-52-55-62(66)64-60(59-71-73(68,69)70-58-57-65(4,5)6)61(54-51-48-45-42-39-24-21-18-15-12-9-3)72-63(67)56-53-50-47-44-41-38-35-28-26-23-20-17-14-11-8-2/h19,22,27,29,31-32,51,54,60-61H,7-18,20-21,23-26,28,30,33-50,52-53,55-59H2,1-6H3,(H-,64,66,68,69)/p+1/b22-19-,29-27-,32-31-,54-51-. The molecule has 73 heavy (non-hydrogen) atoms. The molecule has 0 aliphatic rings. The number of carbonyl (C=O) groups excluding carboxylic acids is 2. The summed E-state index contributed by atoms with van der Waals surface area (Å²) in [4.78, 5) is 37.7. The van der Waals surface area contributed by atoms with Gasteiger partial charge in [0.15, 0.2) is 0 Å². The molecule has 0 aromatic carbocycles. The number of quaternary nitrogens is 1. The molecule has 9 nitrogen and oxygen atoms in total. The minimum Gasteiger partial charge on any atom is -0.456 e. The van der Waals surface area contributed by atoms with E-state index in [2.05, 4.69) is 62.5 Å². The molecule has 0 aliphatic heterocycles. The zero-order valence-corrected chi connectivity index (χ0v) is 49.8. The predicted octanol–water partition coefficient (Wildman–Crippen LogP) is 18.9. The van der Waals surface area contributed by atoms with E-state index in [1.807, 2.05) is 33.3 Å². The molecule has 0 aromatic heterocycles. The summed E-state index contributed by atoms with van der Waals surface area (Å²) in [5.41, 5.74) is 0. The van der Waals surface area contributed by atoms with E-state index >= 15 is 0 Å². The van der Waals surface area contributed by atoms with Crippen molar-refractivity contribution >= 4 is 19.7 Å². The van der Waals surface area contributed by atoms with Gasteiger partial charge >= 0.3 is 13.8 Å². The molecule has 10 heteroatoms. The molecule has 3 unspecified atom stereocenters. The summed E-state index contributed by atoms with van der Waals surface area (Å²) in [5.74, 6) is -0.504. The fourth-order valence-corrected chi connectivity index (χ4v) is 9.68. The second-order valence-electron chi connectivity index (χ2n) is 22.2. The SMILES string of the molecule is CCCCC/C=C\C/C=C\C/C=C\CCCCCCCCCCC(=O)NC(COP(=O)(O)OCC[N+](C)(C)C)C(/C=C\CCCCCCCCCCC)OC(=O)CCCCCCCCCCCCCCCCC. The topological polar surface area (TPSA) is 111 Å². The molecule has 0 aromatic rings. The van der Waals surface area contributed by atoms with Gasteiger partial charge in [0.05, 0.1) is 33.8 Å². The minimum absolute atomic E-state index is 0.0396. The number of nitrogens with zero attached hydrogens (tertiary/aromatic N) is 1. The van der Waals surface area contributed by atoms with Gasteiger partial charge in [0.2, 0.25) is 5.91 Å². The van der Waals surface area contributed by atoms with Crippen LogP contribution in [0.4, 0.5) is 0 Å². The number of phosphoric ester groups is 1. The van der Waals surface area contributed by atoms with Crippen LogP contribution in [0.2, 0.25) is 0 Å². The summed E-state index contributed by atoms with van der Waals surface area (Å²) in [6, 6.07) is -0.849. The van der Waals surface area contributed by atoms with Crippen LogP contribution in [0.3, 0.4) is 0 Å². The van der Waals surface area contributed by atoms with Gasteiger partial charge in [-0.1, -0.05) is 256 Å². The Kier molecular flexibility index (Phi) is 51.9. The Hall–Kier alpha value is -2.03. The molecular weight excluding hydrogens is 928 g/mol. The zero-order chi connectivity index (χ0) is 53.6. The second kappa shape index (κ2) is 53.4. The number of rotatable bonds is 56. The van der Waals surface area contributed by atoms with Crippen LogP contribution in [0.5, 0.6) is 0 Å². The highest BCUT2D eigenvalue weighted by Crippen LogP contribution is 2.43. The number of likely N-dealkylation sites (N-methyl/N-ethyl adjacent to an activating group) is 1. The Morgan fingerprint density at radius 2 is 0.836 bits per heavy atom. The number of esters is 1. The number of carbonyl (C=O) groups is 2. The summed E-state index contributed by atoms with van der Waals surface area (Å²) in [6.45, 7) is 7.00. The molecule has 0 heterocycles. The van der Waals surface area contributed by atoms with E-state index in [4.69, 9.17) is 13.8 Å². The van der Waals surface area contributed by atoms with Gasteiger partial charge in [-0.15, -0.1) is 0 Å². The highest BCUT2D eigenvalue weighted by Gasteiger charge is 2.30. The Morgan fingerprint density at radius 1 is 0.479 bits per heavy atom. The van der Waals surface area contributed by atoms with Crippen LogP contribution in [0.15, 0.2) is 48.6 Å². The van der Waals surface area contributed by atoms with Crippen LogP contribution in [-0.2, 0) is 27.9 Å². The number of allylic oxidation sites excluding steroid dienone is 7. The predicted molar refractivity (Wildman–Crippen MR) is 314 cm³/mol. The first kappa shape index (κ1) is 71.0. The van der Waals surface area contributed by atoms with Gasteiger partial charge in [-0.25, -0.2) is 4.57 Å². The number of amides is 1. The molecule has 0 saturated heterocycles. The molecule has 428 valence electrons. The van der Waals surface area contributed by atoms with E-state index in [1.165, 1.54) is 173 Å². The molecule has 3 atom stereocenters. The van der Waals surface area contributed by atoms with Gasteiger partial charge in [0, 0.05) is 12.8 Å². The number of unbranched alkanes of at least 4 members (excludes halogenated alkanes) is 34. The second-order valence-corrected chi connectivity index (χ2v) is 23.7. The molecule has 0 spiro atoms. The minimum atomic E-state index is -4.45. The highest BCUT2D eigenvalue weighted by molar-refractivity contribution is 7.47. The molecule has 0 saturated carbocycles. The van der Waals surface area contributed by atoms with Crippen molar-refractivity contribution in [3.05, 3.63) is 48.6 Å². The number of ether oxygens (including phenoxy) is 1. The maximum absolute atomic E-state index is 13.5. The fourth-order valence-electron chi connectivity index (χ4n) is 8.95. The molecular formula is C63H120N2O7P+. The highest BCUT2D eigenvalue weighted by atomic mass is 31.2. The van der Waals surface area contributed by atoms with Crippen LogP contribution >= 0.6 is 7.82 Å². The van der Waals surface area contributed by atoms with Crippen molar-refractivity contribution in [2.45, 2.75) is 303 Å². The van der Waals surface area contributed by atoms with Gasteiger partial charge in [0.25, 0.3) is 0 Å². The van der Waals surface area contributed by atoms with Gasteiger partial charge in [-0.2, -0.15) is 0 Å². The molecule has 0 rings (SSSR count). The third-order valence-corrected chi connectivity index (χ3v) is 14.8. The van der Waals surface area contributed by atoms with Gasteiger partial charge in [-0.05, 0) is 70.3 Å². The number of hydrogen-bond acceptors (Lipinski definition) is 6. The first-order chi connectivity index (χ1) is 35.4. The van der Waals surface area contributed by atoms with Crippen LogP contribution in [0, 0.1) is 0 Å². The van der Waals surface area contributed by atoms with E-state index in [0.717, 1.165) is 83.5 Å². The van der Waals surface area contributed by atoms with Crippen molar-refractivity contribution < 1.29 is 37.3 Å². The Balaban J connectivity index is 5.20. The van der Waals surface area contributed by atoms with Gasteiger partial charge in [0.1, 0.15) is 19.3 Å². The first-order valence-corrected chi connectivity index (χ1v) is 32.5. The van der Waals surface area contributed by atoms with E-state index in [0.29, 0.717) is 23.9 Å². The van der Waals surface area contributed by atoms with E-state index in [-0.39, 0.29) is 25.1 Å². The Labute approximate surface area is 452 Å². The summed E-state index contributed by atoms with van der Waals surface area (Å²) < 4.78 is 30.7. The van der Waals surface area contributed by atoms with Crippen molar-refractivity contribution in [2.24, 2.45) is 0 Å². The molecule has 2 N–H and O–H groups in total.